The topological polar surface area (TPSA) is 120 Å². The third-order valence-electron chi connectivity index (χ3n) is 4.55. The quantitative estimate of drug-likeness (QED) is 0.686. The molecule has 2 N–H and O–H groups in total. The molecular formula is C20H22N2O7S. The summed E-state index contributed by atoms with van der Waals surface area (Å²) in [7, 11) is -0.846. The smallest absolute Gasteiger partial charge is 0.262 e. The number of fused-ring (bicyclic) bond motifs is 1. The van der Waals surface area contributed by atoms with Crippen LogP contribution >= 0.6 is 0 Å². The zero-order chi connectivity index (χ0) is 21.9. The van der Waals surface area contributed by atoms with Crippen molar-refractivity contribution in [1.29, 1.82) is 0 Å². The molecule has 1 aliphatic rings. The highest BCUT2D eigenvalue weighted by Crippen LogP contribution is 2.32. The SMILES string of the molecule is COc1cc(NC(=O)C[C@@H](C)S(=O)(=O)c2ccc3c(c2)NC(=O)CO3)cc(OC)c1. The van der Waals surface area contributed by atoms with Gasteiger partial charge in [-0.25, -0.2) is 8.42 Å². The number of hydrogen-bond donors (Lipinski definition) is 2. The maximum atomic E-state index is 12.9. The average Bonchev–Trinajstić information content (AvgIpc) is 2.72. The fraction of sp³-hybridized carbons (Fsp3) is 0.300. The van der Waals surface area contributed by atoms with Crippen LogP contribution in [-0.4, -0.2) is 46.3 Å². The molecule has 160 valence electrons. The van der Waals surface area contributed by atoms with Crippen molar-refractivity contribution in [1.82, 2.24) is 0 Å². The van der Waals surface area contributed by atoms with Crippen LogP contribution in [0.3, 0.4) is 0 Å². The Labute approximate surface area is 174 Å². The molecule has 1 heterocycles. The monoisotopic (exact) mass is 434 g/mol. The van der Waals surface area contributed by atoms with Gasteiger partial charge in [-0.05, 0) is 25.1 Å². The van der Waals surface area contributed by atoms with Crippen LogP contribution in [0.5, 0.6) is 17.2 Å². The predicted molar refractivity (Wildman–Crippen MR) is 110 cm³/mol. The van der Waals surface area contributed by atoms with E-state index in [4.69, 9.17) is 14.2 Å². The molecule has 2 aromatic carbocycles. The minimum Gasteiger partial charge on any atom is -0.497 e. The van der Waals surface area contributed by atoms with Gasteiger partial charge in [0, 0.05) is 30.3 Å². The molecule has 1 atom stereocenters. The Morgan fingerprint density at radius 1 is 1.17 bits per heavy atom. The van der Waals surface area contributed by atoms with Crippen molar-refractivity contribution in [3.05, 3.63) is 36.4 Å². The van der Waals surface area contributed by atoms with E-state index in [1.807, 2.05) is 0 Å². The van der Waals surface area contributed by atoms with Gasteiger partial charge < -0.3 is 24.8 Å². The van der Waals surface area contributed by atoms with Gasteiger partial charge in [0.25, 0.3) is 5.91 Å². The van der Waals surface area contributed by atoms with Gasteiger partial charge in [0.1, 0.15) is 17.2 Å². The van der Waals surface area contributed by atoms with Crippen LogP contribution in [0, 0.1) is 0 Å². The van der Waals surface area contributed by atoms with Crippen LogP contribution in [0.4, 0.5) is 11.4 Å². The lowest BCUT2D eigenvalue weighted by Gasteiger charge is -2.19. The molecule has 0 radical (unpaired) electrons. The van der Waals surface area contributed by atoms with Crippen LogP contribution < -0.4 is 24.8 Å². The van der Waals surface area contributed by atoms with Crippen molar-refractivity contribution in [2.45, 2.75) is 23.5 Å². The summed E-state index contributed by atoms with van der Waals surface area (Å²) in [6.45, 7) is 1.33. The molecule has 10 heteroatoms. The van der Waals surface area contributed by atoms with Crippen molar-refractivity contribution < 1.29 is 32.2 Å². The number of nitrogens with one attached hydrogen (secondary N) is 2. The summed E-state index contributed by atoms with van der Waals surface area (Å²) >= 11 is 0. The zero-order valence-electron chi connectivity index (χ0n) is 16.7. The number of methoxy groups -OCH3 is 2. The fourth-order valence-corrected chi connectivity index (χ4v) is 4.31. The number of hydrogen-bond acceptors (Lipinski definition) is 7. The van der Waals surface area contributed by atoms with E-state index in [0.29, 0.717) is 22.9 Å². The second-order valence-electron chi connectivity index (χ2n) is 6.70. The highest BCUT2D eigenvalue weighted by Gasteiger charge is 2.28. The first-order valence-corrected chi connectivity index (χ1v) is 10.6. The van der Waals surface area contributed by atoms with Crippen LogP contribution in [0.15, 0.2) is 41.3 Å². The van der Waals surface area contributed by atoms with Gasteiger partial charge in [0.2, 0.25) is 5.91 Å². The van der Waals surface area contributed by atoms with Gasteiger partial charge in [0.15, 0.2) is 16.4 Å². The summed E-state index contributed by atoms with van der Waals surface area (Å²) in [6, 6.07) is 9.08. The van der Waals surface area contributed by atoms with Crippen molar-refractivity contribution in [3.8, 4) is 17.2 Å². The number of ether oxygens (including phenoxy) is 3. The Bertz CT molecular complexity index is 1060. The molecule has 9 nitrogen and oxygen atoms in total. The third-order valence-corrected chi connectivity index (χ3v) is 6.69. The molecule has 2 aromatic rings. The number of benzene rings is 2. The number of anilines is 2. The Hall–Kier alpha value is -3.27. The number of carbonyl (C=O) groups excluding carboxylic acids is 2. The Balaban J connectivity index is 1.73. The van der Waals surface area contributed by atoms with Gasteiger partial charge >= 0.3 is 0 Å². The van der Waals surface area contributed by atoms with Crippen molar-refractivity contribution in [2.24, 2.45) is 0 Å². The highest BCUT2D eigenvalue weighted by atomic mass is 32.2. The fourth-order valence-electron chi connectivity index (χ4n) is 2.93. The van der Waals surface area contributed by atoms with E-state index in [-0.39, 0.29) is 29.5 Å². The largest absolute Gasteiger partial charge is 0.497 e. The number of carbonyl (C=O) groups is 2. The standard InChI is InChI=1S/C20H22N2O7S/c1-12(6-19(23)21-13-7-14(27-2)9-15(8-13)28-3)30(25,26)16-4-5-18-17(10-16)22-20(24)11-29-18/h4-5,7-10,12H,6,11H2,1-3H3,(H,21,23)(H,22,24)/t12-/m1/s1. The van der Waals surface area contributed by atoms with Gasteiger partial charge in [-0.1, -0.05) is 0 Å². The van der Waals surface area contributed by atoms with E-state index in [1.165, 1.54) is 39.3 Å². The number of rotatable bonds is 7. The molecule has 0 unspecified atom stereocenters. The lowest BCUT2D eigenvalue weighted by Crippen LogP contribution is -2.27. The first-order chi connectivity index (χ1) is 14.2. The Morgan fingerprint density at radius 2 is 1.83 bits per heavy atom. The predicted octanol–water partition coefficient (Wildman–Crippen LogP) is 2.23. The zero-order valence-corrected chi connectivity index (χ0v) is 17.5. The summed E-state index contributed by atoms with van der Waals surface area (Å²) in [5, 5.41) is 4.24. The average molecular weight is 434 g/mol. The van der Waals surface area contributed by atoms with E-state index >= 15 is 0 Å². The molecule has 1 aliphatic heterocycles. The number of sulfone groups is 1. The summed E-state index contributed by atoms with van der Waals surface area (Å²) in [5.74, 6) is 0.535. The molecule has 0 saturated carbocycles. The van der Waals surface area contributed by atoms with Gasteiger partial charge in [-0.2, -0.15) is 0 Å². The van der Waals surface area contributed by atoms with Crippen molar-refractivity contribution in [3.63, 3.8) is 0 Å². The highest BCUT2D eigenvalue weighted by molar-refractivity contribution is 7.92. The van der Waals surface area contributed by atoms with Crippen molar-refractivity contribution >= 4 is 33.0 Å². The first kappa shape index (κ1) is 21.4. The molecule has 2 amide bonds. The molecule has 0 aliphatic carbocycles. The van der Waals surface area contributed by atoms with Crippen LogP contribution in [-0.2, 0) is 19.4 Å². The van der Waals surface area contributed by atoms with Crippen LogP contribution in [0.25, 0.3) is 0 Å². The molecular weight excluding hydrogens is 412 g/mol. The number of amides is 2. The van der Waals surface area contributed by atoms with Gasteiger partial charge in [-0.3, -0.25) is 9.59 Å². The molecule has 0 fully saturated rings. The maximum Gasteiger partial charge on any atom is 0.262 e. The van der Waals surface area contributed by atoms with E-state index in [9.17, 15) is 18.0 Å². The molecule has 3 rings (SSSR count). The Morgan fingerprint density at radius 3 is 2.47 bits per heavy atom. The van der Waals surface area contributed by atoms with Gasteiger partial charge in [-0.15, -0.1) is 0 Å². The van der Waals surface area contributed by atoms with Crippen LogP contribution in [0.1, 0.15) is 13.3 Å². The third kappa shape index (κ3) is 4.65. The second kappa shape index (κ2) is 8.62. The van der Waals surface area contributed by atoms with E-state index < -0.39 is 21.0 Å². The van der Waals surface area contributed by atoms with Crippen LogP contribution in [0.2, 0.25) is 0 Å². The molecule has 0 bridgehead atoms. The van der Waals surface area contributed by atoms with E-state index in [0.717, 1.165) is 0 Å². The summed E-state index contributed by atoms with van der Waals surface area (Å²) < 4.78 is 41.4. The van der Waals surface area contributed by atoms with Gasteiger partial charge in [0.05, 0.1) is 30.1 Å². The normalized spacial score (nSPS) is 14.0. The van der Waals surface area contributed by atoms with E-state index in [1.54, 1.807) is 18.2 Å². The lowest BCUT2D eigenvalue weighted by atomic mass is 10.2. The molecule has 0 saturated heterocycles. The minimum absolute atomic E-state index is 0.00426. The summed E-state index contributed by atoms with van der Waals surface area (Å²) in [4.78, 5) is 23.9. The molecule has 30 heavy (non-hydrogen) atoms. The maximum absolute atomic E-state index is 12.9. The minimum atomic E-state index is -3.82. The summed E-state index contributed by atoms with van der Waals surface area (Å²) in [5.41, 5.74) is 0.710. The summed E-state index contributed by atoms with van der Waals surface area (Å²) in [6.07, 6.45) is -0.262. The molecule has 0 spiro atoms. The van der Waals surface area contributed by atoms with E-state index in [2.05, 4.69) is 10.6 Å². The van der Waals surface area contributed by atoms with Crippen molar-refractivity contribution in [2.75, 3.05) is 31.5 Å². The molecule has 0 aromatic heterocycles. The Kier molecular flexibility index (Phi) is 6.16. The lowest BCUT2D eigenvalue weighted by molar-refractivity contribution is -0.118. The second-order valence-corrected chi connectivity index (χ2v) is 9.07. The first-order valence-electron chi connectivity index (χ1n) is 9.06.